The maximum Gasteiger partial charge on any atom is 0.207 e. The molecule has 5 nitrogen and oxygen atoms in total. The Morgan fingerprint density at radius 3 is 2.90 bits per heavy atom. The van der Waals surface area contributed by atoms with Crippen molar-refractivity contribution in [1.29, 1.82) is 0 Å². The third-order valence-electron chi connectivity index (χ3n) is 2.87. The fourth-order valence-electron chi connectivity index (χ4n) is 2.03. The first kappa shape index (κ1) is 12.9. The van der Waals surface area contributed by atoms with Crippen LogP contribution in [0.3, 0.4) is 0 Å². The lowest BCUT2D eigenvalue weighted by Gasteiger charge is -2.11. The van der Waals surface area contributed by atoms with E-state index in [4.69, 9.17) is 10.5 Å². The molecule has 2 aromatic heterocycles. The number of fused-ring (bicyclic) bond motifs is 1. The van der Waals surface area contributed by atoms with Crippen LogP contribution < -0.4 is 10.5 Å². The molecule has 7 heteroatoms. The normalized spacial score (nSPS) is 10.9. The van der Waals surface area contributed by atoms with Gasteiger partial charge in [-0.05, 0) is 34.1 Å². The Morgan fingerprint density at radius 1 is 1.35 bits per heavy atom. The quantitative estimate of drug-likeness (QED) is 0.781. The standard InChI is InChI=1S/C13H10BrFN4O/c1-20-11-5-8(15)2-3-10(11)19-12-9(18-13(19)16)4-7(14)6-17-12/h2-6H,1H3,(H2,16,18). The number of halogens is 2. The Balaban J connectivity index is 2.32. The van der Waals surface area contributed by atoms with Crippen LogP contribution in [0.2, 0.25) is 0 Å². The molecule has 0 saturated heterocycles. The van der Waals surface area contributed by atoms with Crippen molar-refractivity contribution in [1.82, 2.24) is 14.5 Å². The van der Waals surface area contributed by atoms with Gasteiger partial charge in [0.25, 0.3) is 0 Å². The van der Waals surface area contributed by atoms with Crippen molar-refractivity contribution in [3.05, 3.63) is 40.8 Å². The van der Waals surface area contributed by atoms with Gasteiger partial charge in [-0.1, -0.05) is 0 Å². The minimum Gasteiger partial charge on any atom is -0.494 e. The highest BCUT2D eigenvalue weighted by molar-refractivity contribution is 9.10. The largest absolute Gasteiger partial charge is 0.494 e. The first-order chi connectivity index (χ1) is 9.60. The van der Waals surface area contributed by atoms with E-state index in [0.29, 0.717) is 22.6 Å². The molecule has 0 bridgehead atoms. The third kappa shape index (κ3) is 2.00. The summed E-state index contributed by atoms with van der Waals surface area (Å²) in [6, 6.07) is 6.02. The summed E-state index contributed by atoms with van der Waals surface area (Å²) in [5, 5.41) is 0. The van der Waals surface area contributed by atoms with Crippen LogP contribution in [0, 0.1) is 5.82 Å². The number of nitrogen functional groups attached to an aromatic ring is 1. The van der Waals surface area contributed by atoms with Crippen LogP contribution in [0.5, 0.6) is 5.75 Å². The number of pyridine rings is 1. The van der Waals surface area contributed by atoms with Gasteiger partial charge in [0.2, 0.25) is 5.95 Å². The number of ether oxygens (including phenoxy) is 1. The first-order valence-electron chi connectivity index (χ1n) is 5.73. The van der Waals surface area contributed by atoms with Crippen LogP contribution in [-0.2, 0) is 0 Å². The van der Waals surface area contributed by atoms with E-state index < -0.39 is 0 Å². The van der Waals surface area contributed by atoms with Crippen molar-refractivity contribution >= 4 is 33.0 Å². The molecule has 3 rings (SSSR count). The molecule has 0 atom stereocenters. The second kappa shape index (κ2) is 4.75. The Kier molecular flexibility index (Phi) is 3.06. The molecule has 0 aliphatic rings. The molecule has 1 aromatic carbocycles. The van der Waals surface area contributed by atoms with Gasteiger partial charge >= 0.3 is 0 Å². The summed E-state index contributed by atoms with van der Waals surface area (Å²) in [5.74, 6) is 0.237. The van der Waals surface area contributed by atoms with Gasteiger partial charge in [0.15, 0.2) is 5.65 Å². The van der Waals surface area contributed by atoms with Gasteiger partial charge in [-0.25, -0.2) is 14.4 Å². The lowest BCUT2D eigenvalue weighted by Crippen LogP contribution is -2.03. The lowest BCUT2D eigenvalue weighted by molar-refractivity contribution is 0.409. The van der Waals surface area contributed by atoms with E-state index in [1.807, 2.05) is 6.07 Å². The van der Waals surface area contributed by atoms with Crippen LogP contribution in [0.4, 0.5) is 10.3 Å². The van der Waals surface area contributed by atoms with Gasteiger partial charge in [0, 0.05) is 16.7 Å². The van der Waals surface area contributed by atoms with E-state index in [2.05, 4.69) is 25.9 Å². The van der Waals surface area contributed by atoms with E-state index in [1.54, 1.807) is 16.8 Å². The van der Waals surface area contributed by atoms with Gasteiger partial charge in [-0.3, -0.25) is 4.57 Å². The molecule has 0 saturated carbocycles. The van der Waals surface area contributed by atoms with Crippen molar-refractivity contribution in [3.63, 3.8) is 0 Å². The highest BCUT2D eigenvalue weighted by Crippen LogP contribution is 2.30. The zero-order valence-corrected chi connectivity index (χ0v) is 12.1. The van der Waals surface area contributed by atoms with Crippen LogP contribution in [-0.4, -0.2) is 21.6 Å². The monoisotopic (exact) mass is 336 g/mol. The molecule has 3 aromatic rings. The van der Waals surface area contributed by atoms with Crippen molar-refractivity contribution in [2.24, 2.45) is 0 Å². The zero-order valence-electron chi connectivity index (χ0n) is 10.5. The molecule has 0 fully saturated rings. The topological polar surface area (TPSA) is 66.0 Å². The molecule has 0 radical (unpaired) electrons. The molecular weight excluding hydrogens is 327 g/mol. The lowest BCUT2D eigenvalue weighted by atomic mass is 10.2. The van der Waals surface area contributed by atoms with E-state index >= 15 is 0 Å². The number of methoxy groups -OCH3 is 1. The van der Waals surface area contributed by atoms with E-state index in [-0.39, 0.29) is 11.8 Å². The second-order valence-electron chi connectivity index (χ2n) is 4.12. The van der Waals surface area contributed by atoms with Gasteiger partial charge in [0.05, 0.1) is 12.8 Å². The van der Waals surface area contributed by atoms with E-state index in [9.17, 15) is 4.39 Å². The number of imidazole rings is 1. The van der Waals surface area contributed by atoms with Crippen molar-refractivity contribution in [3.8, 4) is 11.4 Å². The number of nitrogens with two attached hydrogens (primary N) is 1. The highest BCUT2D eigenvalue weighted by Gasteiger charge is 2.15. The van der Waals surface area contributed by atoms with Crippen LogP contribution in [0.1, 0.15) is 0 Å². The second-order valence-corrected chi connectivity index (χ2v) is 5.03. The third-order valence-corrected chi connectivity index (χ3v) is 3.31. The number of hydrogen-bond acceptors (Lipinski definition) is 4. The summed E-state index contributed by atoms with van der Waals surface area (Å²) in [6.45, 7) is 0. The van der Waals surface area contributed by atoms with Crippen LogP contribution >= 0.6 is 15.9 Å². The number of rotatable bonds is 2. The van der Waals surface area contributed by atoms with Crippen molar-refractivity contribution in [2.75, 3.05) is 12.8 Å². The molecule has 0 aliphatic carbocycles. The Labute approximate surface area is 122 Å². The average molecular weight is 337 g/mol. The van der Waals surface area contributed by atoms with Gasteiger partial charge in [-0.2, -0.15) is 0 Å². The Hall–Kier alpha value is -2.15. The molecule has 102 valence electrons. The summed E-state index contributed by atoms with van der Waals surface area (Å²) in [4.78, 5) is 8.55. The zero-order chi connectivity index (χ0) is 14.3. The molecule has 0 aliphatic heterocycles. The fraction of sp³-hybridized carbons (Fsp3) is 0.0769. The average Bonchev–Trinajstić information content (AvgIpc) is 2.73. The number of benzene rings is 1. The molecular formula is C13H10BrFN4O. The van der Waals surface area contributed by atoms with Crippen LogP contribution in [0.25, 0.3) is 16.9 Å². The SMILES string of the molecule is COc1cc(F)ccc1-n1c(N)nc2cc(Br)cnc21. The van der Waals surface area contributed by atoms with Crippen molar-refractivity contribution in [2.45, 2.75) is 0 Å². The number of aromatic nitrogens is 3. The summed E-state index contributed by atoms with van der Waals surface area (Å²) in [6.07, 6.45) is 1.65. The maximum absolute atomic E-state index is 13.3. The van der Waals surface area contributed by atoms with Crippen molar-refractivity contribution < 1.29 is 9.13 Å². The van der Waals surface area contributed by atoms with Gasteiger partial charge in [0.1, 0.15) is 17.1 Å². The van der Waals surface area contributed by atoms with Crippen LogP contribution in [0.15, 0.2) is 34.9 Å². The summed E-state index contributed by atoms with van der Waals surface area (Å²) in [7, 11) is 1.47. The summed E-state index contributed by atoms with van der Waals surface area (Å²) < 4.78 is 20.9. The fourth-order valence-corrected chi connectivity index (χ4v) is 2.35. The number of nitrogens with zero attached hydrogens (tertiary/aromatic N) is 3. The molecule has 0 spiro atoms. The van der Waals surface area contributed by atoms with E-state index in [0.717, 1.165) is 4.47 Å². The van der Waals surface area contributed by atoms with Gasteiger partial charge in [-0.15, -0.1) is 0 Å². The first-order valence-corrected chi connectivity index (χ1v) is 6.53. The van der Waals surface area contributed by atoms with E-state index in [1.165, 1.54) is 19.2 Å². The number of anilines is 1. The molecule has 20 heavy (non-hydrogen) atoms. The Bertz CT molecular complexity index is 802. The smallest absolute Gasteiger partial charge is 0.207 e. The predicted octanol–water partition coefficient (Wildman–Crippen LogP) is 2.91. The number of hydrogen-bond donors (Lipinski definition) is 1. The molecule has 0 amide bonds. The van der Waals surface area contributed by atoms with Gasteiger partial charge < -0.3 is 10.5 Å². The molecule has 0 unspecified atom stereocenters. The maximum atomic E-state index is 13.3. The molecule has 2 heterocycles. The summed E-state index contributed by atoms with van der Waals surface area (Å²) >= 11 is 3.33. The molecule has 2 N–H and O–H groups in total. The minimum atomic E-state index is -0.385. The Morgan fingerprint density at radius 2 is 2.15 bits per heavy atom. The highest BCUT2D eigenvalue weighted by atomic mass is 79.9. The minimum absolute atomic E-state index is 0.260. The summed E-state index contributed by atoms with van der Waals surface area (Å²) in [5.41, 5.74) is 7.75. The predicted molar refractivity (Wildman–Crippen MR) is 77.5 cm³/mol.